The van der Waals surface area contributed by atoms with Crippen molar-refractivity contribution in [1.82, 2.24) is 15.2 Å². The number of nitrogens with zero attached hydrogens (tertiary/aromatic N) is 2. The normalized spacial score (nSPS) is 26.8. The number of nitrogens with one attached hydrogen (secondary N) is 1. The lowest BCUT2D eigenvalue weighted by Crippen LogP contribution is -2.36. The van der Waals surface area contributed by atoms with E-state index in [0.717, 1.165) is 40.6 Å². The number of pyridine rings is 1. The van der Waals surface area contributed by atoms with Crippen molar-refractivity contribution in [3.8, 4) is 0 Å². The summed E-state index contributed by atoms with van der Waals surface area (Å²) in [6, 6.07) is 10.5. The van der Waals surface area contributed by atoms with E-state index in [1.807, 2.05) is 18.3 Å². The van der Waals surface area contributed by atoms with Crippen LogP contribution in [-0.2, 0) is 4.74 Å². The SMILES string of the molecule is S=C1NC(c2ccccn2)C(c2ccc(Br)s2)N1CC1CCCO1. The van der Waals surface area contributed by atoms with Crippen LogP contribution in [0.3, 0.4) is 0 Å². The summed E-state index contributed by atoms with van der Waals surface area (Å²) in [5.41, 5.74) is 1.02. The van der Waals surface area contributed by atoms with Crippen molar-refractivity contribution in [1.29, 1.82) is 0 Å². The van der Waals surface area contributed by atoms with Crippen molar-refractivity contribution >= 4 is 44.6 Å². The Labute approximate surface area is 159 Å². The van der Waals surface area contributed by atoms with Gasteiger partial charge in [0, 0.05) is 24.2 Å². The van der Waals surface area contributed by atoms with Crippen LogP contribution in [-0.4, -0.2) is 34.3 Å². The van der Waals surface area contributed by atoms with Gasteiger partial charge in [-0.15, -0.1) is 11.3 Å². The third-order valence-electron chi connectivity index (χ3n) is 4.51. The van der Waals surface area contributed by atoms with Gasteiger partial charge in [0.1, 0.15) is 0 Å². The highest BCUT2D eigenvalue weighted by molar-refractivity contribution is 9.11. The van der Waals surface area contributed by atoms with E-state index in [9.17, 15) is 0 Å². The summed E-state index contributed by atoms with van der Waals surface area (Å²) in [5, 5.41) is 4.27. The second kappa shape index (κ2) is 7.07. The summed E-state index contributed by atoms with van der Waals surface area (Å²) in [7, 11) is 0. The Morgan fingerprint density at radius 1 is 1.38 bits per heavy atom. The smallest absolute Gasteiger partial charge is 0.170 e. The average molecular weight is 424 g/mol. The minimum Gasteiger partial charge on any atom is -0.376 e. The van der Waals surface area contributed by atoms with Gasteiger partial charge in [-0.05, 0) is 65.3 Å². The molecule has 24 heavy (non-hydrogen) atoms. The Hall–Kier alpha value is -1.02. The third-order valence-corrected chi connectivity index (χ3v) is 6.55. The van der Waals surface area contributed by atoms with Gasteiger partial charge in [0.25, 0.3) is 0 Å². The fourth-order valence-corrected chi connectivity index (χ4v) is 5.30. The molecule has 3 atom stereocenters. The van der Waals surface area contributed by atoms with Crippen molar-refractivity contribution in [3.63, 3.8) is 0 Å². The topological polar surface area (TPSA) is 37.4 Å². The van der Waals surface area contributed by atoms with Gasteiger partial charge in [-0.2, -0.15) is 0 Å². The molecule has 2 saturated heterocycles. The molecule has 0 radical (unpaired) electrons. The number of thiophene rings is 1. The highest BCUT2D eigenvalue weighted by Crippen LogP contribution is 2.42. The van der Waals surface area contributed by atoms with Gasteiger partial charge in [0.05, 0.1) is 27.7 Å². The fraction of sp³-hybridized carbons (Fsp3) is 0.412. The molecule has 2 aliphatic heterocycles. The molecule has 126 valence electrons. The summed E-state index contributed by atoms with van der Waals surface area (Å²) in [6.45, 7) is 1.69. The number of ether oxygens (including phenoxy) is 1. The lowest BCUT2D eigenvalue weighted by molar-refractivity contribution is 0.0846. The summed E-state index contributed by atoms with van der Waals surface area (Å²) >= 11 is 11.0. The highest BCUT2D eigenvalue weighted by Gasteiger charge is 2.41. The average Bonchev–Trinajstić information content (AvgIpc) is 3.31. The van der Waals surface area contributed by atoms with Crippen LogP contribution >= 0.6 is 39.5 Å². The Morgan fingerprint density at radius 3 is 2.96 bits per heavy atom. The summed E-state index contributed by atoms with van der Waals surface area (Å²) in [5.74, 6) is 0. The maximum Gasteiger partial charge on any atom is 0.170 e. The van der Waals surface area contributed by atoms with Gasteiger partial charge in [0.2, 0.25) is 0 Å². The summed E-state index contributed by atoms with van der Waals surface area (Å²) in [4.78, 5) is 8.12. The summed E-state index contributed by atoms with van der Waals surface area (Å²) < 4.78 is 6.97. The minimum absolute atomic E-state index is 0.0608. The first-order valence-corrected chi connectivity index (χ1v) is 10.1. The van der Waals surface area contributed by atoms with Gasteiger partial charge in [0.15, 0.2) is 5.11 Å². The predicted molar refractivity (Wildman–Crippen MR) is 103 cm³/mol. The first kappa shape index (κ1) is 16.4. The van der Waals surface area contributed by atoms with Crippen molar-refractivity contribution in [2.45, 2.75) is 31.0 Å². The zero-order chi connectivity index (χ0) is 16.5. The van der Waals surface area contributed by atoms with Gasteiger partial charge >= 0.3 is 0 Å². The van der Waals surface area contributed by atoms with E-state index in [2.05, 4.69) is 49.3 Å². The molecule has 2 aromatic rings. The Balaban J connectivity index is 1.67. The first-order valence-electron chi connectivity index (χ1n) is 8.07. The Morgan fingerprint density at radius 2 is 2.29 bits per heavy atom. The van der Waals surface area contributed by atoms with E-state index in [0.29, 0.717) is 0 Å². The molecule has 2 aromatic heterocycles. The molecule has 2 fully saturated rings. The van der Waals surface area contributed by atoms with Crippen molar-refractivity contribution in [3.05, 3.63) is 50.9 Å². The fourth-order valence-electron chi connectivity index (χ4n) is 3.41. The highest BCUT2D eigenvalue weighted by atomic mass is 79.9. The Bertz CT molecular complexity index is 718. The third kappa shape index (κ3) is 3.22. The van der Waals surface area contributed by atoms with E-state index in [1.165, 1.54) is 4.88 Å². The molecular formula is C17H18BrN3OS2. The van der Waals surface area contributed by atoms with Crippen molar-refractivity contribution in [2.75, 3.05) is 13.2 Å². The van der Waals surface area contributed by atoms with E-state index in [1.54, 1.807) is 11.3 Å². The predicted octanol–water partition coefficient (Wildman–Crippen LogP) is 4.06. The molecule has 0 saturated carbocycles. The van der Waals surface area contributed by atoms with Crippen LogP contribution in [0.25, 0.3) is 0 Å². The van der Waals surface area contributed by atoms with E-state index in [-0.39, 0.29) is 18.2 Å². The van der Waals surface area contributed by atoms with Gasteiger partial charge < -0.3 is 15.0 Å². The standard InChI is InChI=1S/C17H18BrN3OS2/c18-14-7-6-13(24-14)16-15(12-5-1-2-8-19-12)20-17(23)21(16)10-11-4-3-9-22-11/h1-2,5-8,11,15-16H,3-4,9-10H2,(H,20,23). The van der Waals surface area contributed by atoms with Gasteiger partial charge in [-0.25, -0.2) is 0 Å². The summed E-state index contributed by atoms with van der Waals surface area (Å²) in [6.07, 6.45) is 4.34. The number of aromatic nitrogens is 1. The molecule has 0 bridgehead atoms. The first-order chi connectivity index (χ1) is 11.7. The molecule has 0 aliphatic carbocycles. The number of hydrogen-bond acceptors (Lipinski definition) is 4. The number of halogens is 1. The minimum atomic E-state index is 0.0608. The van der Waals surface area contributed by atoms with Crippen molar-refractivity contribution in [2.24, 2.45) is 0 Å². The zero-order valence-corrected chi connectivity index (χ0v) is 16.2. The number of hydrogen-bond donors (Lipinski definition) is 1. The van der Waals surface area contributed by atoms with E-state index in [4.69, 9.17) is 17.0 Å². The van der Waals surface area contributed by atoms with Gasteiger partial charge in [-0.1, -0.05) is 6.07 Å². The van der Waals surface area contributed by atoms with Crippen LogP contribution in [0.15, 0.2) is 40.3 Å². The molecule has 0 amide bonds. The number of thiocarbonyl (C=S) groups is 1. The largest absolute Gasteiger partial charge is 0.376 e. The molecule has 3 unspecified atom stereocenters. The lowest BCUT2D eigenvalue weighted by Gasteiger charge is -2.28. The van der Waals surface area contributed by atoms with Crippen LogP contribution in [0, 0.1) is 0 Å². The molecule has 4 heterocycles. The molecule has 4 rings (SSSR count). The lowest BCUT2D eigenvalue weighted by atomic mass is 10.0. The molecule has 1 N–H and O–H groups in total. The van der Waals surface area contributed by atoms with Crippen LogP contribution in [0.1, 0.15) is 35.5 Å². The molecule has 0 aromatic carbocycles. The van der Waals surface area contributed by atoms with Crippen LogP contribution in [0.2, 0.25) is 0 Å². The second-order valence-electron chi connectivity index (χ2n) is 6.06. The van der Waals surface area contributed by atoms with Crippen LogP contribution < -0.4 is 5.32 Å². The maximum absolute atomic E-state index is 5.84. The molecule has 0 spiro atoms. The molecule has 7 heteroatoms. The molecular weight excluding hydrogens is 406 g/mol. The van der Waals surface area contributed by atoms with E-state index < -0.39 is 0 Å². The quantitative estimate of drug-likeness (QED) is 0.750. The second-order valence-corrected chi connectivity index (χ2v) is 8.94. The van der Waals surface area contributed by atoms with Gasteiger partial charge in [-0.3, -0.25) is 4.98 Å². The molecule has 2 aliphatic rings. The molecule has 4 nitrogen and oxygen atoms in total. The monoisotopic (exact) mass is 423 g/mol. The Kier molecular flexibility index (Phi) is 4.85. The number of rotatable bonds is 4. The maximum atomic E-state index is 5.84. The van der Waals surface area contributed by atoms with Crippen LogP contribution in [0.4, 0.5) is 0 Å². The van der Waals surface area contributed by atoms with E-state index >= 15 is 0 Å². The zero-order valence-electron chi connectivity index (χ0n) is 13.0. The van der Waals surface area contributed by atoms with Crippen molar-refractivity contribution < 1.29 is 4.74 Å². The van der Waals surface area contributed by atoms with Crippen LogP contribution in [0.5, 0.6) is 0 Å².